The molecule has 0 fully saturated rings. The number of hydrogen-bond acceptors (Lipinski definition) is 3. The smallest absolute Gasteiger partial charge is 0.361 e. The van der Waals surface area contributed by atoms with Crippen LogP contribution in [0, 0.1) is 11.3 Å². The van der Waals surface area contributed by atoms with Crippen molar-refractivity contribution in [1.29, 1.82) is 5.26 Å². The second-order valence-corrected chi connectivity index (χ2v) is 3.53. The summed E-state index contributed by atoms with van der Waals surface area (Å²) in [4.78, 5) is 11.1. The molecule has 0 saturated carbocycles. The second kappa shape index (κ2) is 5.55. The summed E-state index contributed by atoms with van der Waals surface area (Å²) in [5.41, 5.74) is 0. The Balaban J connectivity index is 3.87. The standard InChI is InChI=1S/C9H17N2O2/c1-4-13-9(12)8-11(2,3)7-5-6-10/h4-5,7-8H2,1-3H3/q+1. The average Bonchev–Trinajstić information content (AvgIpc) is 2.00. The molecule has 0 bridgehead atoms. The van der Waals surface area contributed by atoms with E-state index in [4.69, 9.17) is 10.00 Å². The van der Waals surface area contributed by atoms with Crippen LogP contribution in [0.2, 0.25) is 0 Å². The van der Waals surface area contributed by atoms with Gasteiger partial charge >= 0.3 is 5.97 Å². The number of carbonyl (C=O) groups is 1. The van der Waals surface area contributed by atoms with Gasteiger partial charge in [0.05, 0.1) is 39.7 Å². The van der Waals surface area contributed by atoms with Crippen molar-refractivity contribution in [3.05, 3.63) is 0 Å². The summed E-state index contributed by atoms with van der Waals surface area (Å²) in [5, 5.41) is 8.39. The van der Waals surface area contributed by atoms with Gasteiger partial charge < -0.3 is 9.22 Å². The van der Waals surface area contributed by atoms with Crippen molar-refractivity contribution >= 4 is 5.97 Å². The summed E-state index contributed by atoms with van der Waals surface area (Å²) in [6.45, 7) is 3.20. The highest BCUT2D eigenvalue weighted by atomic mass is 16.5. The molecule has 0 N–H and O–H groups in total. The molecule has 13 heavy (non-hydrogen) atoms. The number of carbonyl (C=O) groups excluding carboxylic acids is 1. The zero-order valence-electron chi connectivity index (χ0n) is 8.54. The molecule has 0 atom stereocenters. The van der Waals surface area contributed by atoms with Crippen LogP contribution < -0.4 is 0 Å². The Hall–Kier alpha value is -1.08. The van der Waals surface area contributed by atoms with Crippen LogP contribution in [0.15, 0.2) is 0 Å². The molecule has 0 aromatic carbocycles. The Labute approximate surface area is 79.3 Å². The fourth-order valence-corrected chi connectivity index (χ4v) is 0.988. The van der Waals surface area contributed by atoms with Gasteiger partial charge in [0.25, 0.3) is 0 Å². The van der Waals surface area contributed by atoms with Crippen LogP contribution in [0.5, 0.6) is 0 Å². The third kappa shape index (κ3) is 6.12. The van der Waals surface area contributed by atoms with Gasteiger partial charge in [-0.1, -0.05) is 0 Å². The monoisotopic (exact) mass is 185 g/mol. The Morgan fingerprint density at radius 2 is 2.15 bits per heavy atom. The first-order chi connectivity index (χ1) is 6.02. The molecule has 4 heteroatoms. The van der Waals surface area contributed by atoms with Gasteiger partial charge in [-0.05, 0) is 6.92 Å². The fraction of sp³-hybridized carbons (Fsp3) is 0.778. The molecular formula is C9H17N2O2+. The minimum absolute atomic E-state index is 0.203. The van der Waals surface area contributed by atoms with E-state index in [1.165, 1.54) is 0 Å². The van der Waals surface area contributed by atoms with Gasteiger partial charge in [0, 0.05) is 0 Å². The van der Waals surface area contributed by atoms with Crippen LogP contribution in [0.25, 0.3) is 0 Å². The first-order valence-corrected chi connectivity index (χ1v) is 4.36. The molecule has 0 amide bonds. The molecule has 0 aliphatic rings. The lowest BCUT2D eigenvalue weighted by molar-refractivity contribution is -0.882. The normalized spacial score (nSPS) is 10.6. The quantitative estimate of drug-likeness (QED) is 0.464. The van der Waals surface area contributed by atoms with E-state index in [1.807, 2.05) is 14.1 Å². The Morgan fingerprint density at radius 1 is 1.54 bits per heavy atom. The zero-order valence-corrected chi connectivity index (χ0v) is 8.54. The topological polar surface area (TPSA) is 50.1 Å². The average molecular weight is 185 g/mol. The molecule has 0 aromatic heterocycles. The van der Waals surface area contributed by atoms with E-state index in [1.54, 1.807) is 6.92 Å². The van der Waals surface area contributed by atoms with Gasteiger partial charge in [0.2, 0.25) is 0 Å². The summed E-state index contributed by atoms with van der Waals surface area (Å²) in [7, 11) is 3.82. The number of quaternary nitrogens is 1. The zero-order chi connectivity index (χ0) is 10.3. The highest BCUT2D eigenvalue weighted by Gasteiger charge is 2.20. The van der Waals surface area contributed by atoms with Crippen molar-refractivity contribution in [2.45, 2.75) is 13.3 Å². The van der Waals surface area contributed by atoms with Gasteiger partial charge in [-0.2, -0.15) is 5.26 Å². The van der Waals surface area contributed by atoms with Crippen LogP contribution >= 0.6 is 0 Å². The number of nitriles is 1. The van der Waals surface area contributed by atoms with Gasteiger partial charge in [-0.15, -0.1) is 0 Å². The van der Waals surface area contributed by atoms with Gasteiger partial charge in [-0.25, -0.2) is 4.79 Å². The molecule has 0 aliphatic heterocycles. The van der Waals surface area contributed by atoms with Crippen molar-refractivity contribution < 1.29 is 14.0 Å². The summed E-state index contributed by atoms with van der Waals surface area (Å²) in [6, 6.07) is 2.06. The highest BCUT2D eigenvalue weighted by Crippen LogP contribution is 1.99. The minimum atomic E-state index is -0.203. The third-order valence-electron chi connectivity index (χ3n) is 1.69. The van der Waals surface area contributed by atoms with E-state index in [9.17, 15) is 4.79 Å². The van der Waals surface area contributed by atoms with E-state index in [0.717, 1.165) is 0 Å². The Morgan fingerprint density at radius 3 is 2.62 bits per heavy atom. The molecule has 0 aliphatic carbocycles. The predicted octanol–water partition coefficient (Wildman–Crippen LogP) is 0.540. The molecular weight excluding hydrogens is 168 g/mol. The Bertz CT molecular complexity index is 206. The molecule has 4 nitrogen and oxygen atoms in total. The lowest BCUT2D eigenvalue weighted by Gasteiger charge is -2.27. The molecule has 0 aromatic rings. The van der Waals surface area contributed by atoms with E-state index in [0.29, 0.717) is 30.6 Å². The van der Waals surface area contributed by atoms with Crippen LogP contribution in [0.1, 0.15) is 13.3 Å². The number of ether oxygens (including phenoxy) is 1. The molecule has 0 heterocycles. The van der Waals surface area contributed by atoms with Crippen molar-refractivity contribution in [1.82, 2.24) is 0 Å². The van der Waals surface area contributed by atoms with E-state index in [2.05, 4.69) is 6.07 Å². The van der Waals surface area contributed by atoms with Crippen molar-refractivity contribution in [2.75, 3.05) is 33.8 Å². The summed E-state index contributed by atoms with van der Waals surface area (Å²) in [6.07, 6.45) is 0.465. The lowest BCUT2D eigenvalue weighted by atomic mass is 10.3. The van der Waals surface area contributed by atoms with Crippen LogP contribution in [-0.4, -0.2) is 44.2 Å². The maximum atomic E-state index is 11.1. The first-order valence-electron chi connectivity index (χ1n) is 4.36. The van der Waals surface area contributed by atoms with Crippen LogP contribution in [-0.2, 0) is 9.53 Å². The number of hydrogen-bond donors (Lipinski definition) is 0. The SMILES string of the molecule is CCOC(=O)C[N+](C)(C)CCC#N. The molecule has 0 spiro atoms. The lowest BCUT2D eigenvalue weighted by Crippen LogP contribution is -2.44. The van der Waals surface area contributed by atoms with Crippen LogP contribution in [0.4, 0.5) is 0 Å². The first kappa shape index (κ1) is 11.9. The summed E-state index contributed by atoms with van der Waals surface area (Å²) >= 11 is 0. The number of nitrogens with zero attached hydrogens (tertiary/aromatic N) is 2. The number of likely N-dealkylation sites (N-methyl/N-ethyl adjacent to an activating group) is 1. The maximum Gasteiger partial charge on any atom is 0.361 e. The van der Waals surface area contributed by atoms with Gasteiger partial charge in [0.15, 0.2) is 6.54 Å². The molecule has 0 saturated heterocycles. The summed E-state index contributed by atoms with van der Waals surface area (Å²) in [5.74, 6) is -0.203. The fourth-order valence-electron chi connectivity index (χ4n) is 0.988. The summed E-state index contributed by atoms with van der Waals surface area (Å²) < 4.78 is 5.33. The molecule has 0 radical (unpaired) electrons. The van der Waals surface area contributed by atoms with Gasteiger partial charge in [0.1, 0.15) is 0 Å². The molecule has 0 rings (SSSR count). The minimum Gasteiger partial charge on any atom is -0.462 e. The number of esters is 1. The van der Waals surface area contributed by atoms with Crippen molar-refractivity contribution in [2.24, 2.45) is 0 Å². The second-order valence-electron chi connectivity index (χ2n) is 3.53. The van der Waals surface area contributed by atoms with Crippen LogP contribution in [0.3, 0.4) is 0 Å². The van der Waals surface area contributed by atoms with Crippen molar-refractivity contribution in [3.8, 4) is 6.07 Å². The Kier molecular flexibility index (Phi) is 5.09. The highest BCUT2D eigenvalue weighted by molar-refractivity contribution is 5.70. The predicted molar refractivity (Wildman–Crippen MR) is 48.7 cm³/mol. The molecule has 74 valence electrons. The third-order valence-corrected chi connectivity index (χ3v) is 1.69. The van der Waals surface area contributed by atoms with E-state index >= 15 is 0 Å². The molecule has 0 unspecified atom stereocenters. The van der Waals surface area contributed by atoms with E-state index in [-0.39, 0.29) is 5.97 Å². The van der Waals surface area contributed by atoms with Gasteiger partial charge in [-0.3, -0.25) is 0 Å². The van der Waals surface area contributed by atoms with E-state index < -0.39 is 0 Å². The maximum absolute atomic E-state index is 11.1. The largest absolute Gasteiger partial charge is 0.462 e. The number of rotatable bonds is 5. The van der Waals surface area contributed by atoms with Crippen molar-refractivity contribution in [3.63, 3.8) is 0 Å².